The van der Waals surface area contributed by atoms with Gasteiger partial charge >= 0.3 is 0 Å². The average Bonchev–Trinajstić information content (AvgIpc) is 2.79. The molecule has 0 fully saturated rings. The Hall–Kier alpha value is -3.58. The zero-order valence-electron chi connectivity index (χ0n) is 17.3. The Morgan fingerprint density at radius 2 is 1.52 bits per heavy atom. The minimum absolute atomic E-state index is 0.0691. The summed E-state index contributed by atoms with van der Waals surface area (Å²) in [4.78, 5) is 27.0. The van der Waals surface area contributed by atoms with Gasteiger partial charge in [0, 0.05) is 24.9 Å². The van der Waals surface area contributed by atoms with Crippen molar-refractivity contribution in [2.24, 2.45) is 0 Å². The van der Waals surface area contributed by atoms with E-state index in [0.717, 1.165) is 11.1 Å². The molecule has 160 valence electrons. The number of aliphatic hydroxyl groups is 1. The molecule has 3 aromatic rings. The summed E-state index contributed by atoms with van der Waals surface area (Å²) in [6.45, 7) is 2.00. The number of amides is 1. The van der Waals surface area contributed by atoms with Crippen LogP contribution < -0.4 is 10.4 Å². The molecule has 2 N–H and O–H groups in total. The molecule has 7 nitrogen and oxygen atoms in total. The molecule has 0 saturated carbocycles. The van der Waals surface area contributed by atoms with Gasteiger partial charge in [-0.15, -0.1) is 0 Å². The van der Waals surface area contributed by atoms with E-state index in [1.807, 2.05) is 72.6 Å². The van der Waals surface area contributed by atoms with Crippen molar-refractivity contribution in [3.8, 4) is 5.75 Å². The molecule has 4 rings (SSSR count). The molecule has 2 heterocycles. The third kappa shape index (κ3) is 3.80. The molecule has 0 spiro atoms. The Morgan fingerprint density at radius 3 is 2.06 bits per heavy atom. The number of aromatic nitrogens is 1. The zero-order valence-corrected chi connectivity index (χ0v) is 17.3. The first-order valence-corrected chi connectivity index (χ1v) is 10.3. The van der Waals surface area contributed by atoms with Crippen LogP contribution in [0.3, 0.4) is 0 Å². The van der Waals surface area contributed by atoms with Crippen LogP contribution in [0.5, 0.6) is 5.75 Å². The maximum Gasteiger partial charge on any atom is 0.278 e. The van der Waals surface area contributed by atoms with Crippen LogP contribution in [0.25, 0.3) is 0 Å². The lowest BCUT2D eigenvalue weighted by molar-refractivity contribution is 0.0577. The Labute approximate surface area is 180 Å². The summed E-state index contributed by atoms with van der Waals surface area (Å²) in [5, 5.41) is 21.9. The minimum Gasteiger partial charge on any atom is -0.502 e. The molecule has 1 atom stereocenters. The van der Waals surface area contributed by atoms with Gasteiger partial charge in [0.25, 0.3) is 5.91 Å². The van der Waals surface area contributed by atoms with Crippen molar-refractivity contribution >= 4 is 5.91 Å². The van der Waals surface area contributed by atoms with Crippen LogP contribution in [0, 0.1) is 0 Å². The van der Waals surface area contributed by atoms with E-state index in [1.54, 1.807) is 9.58 Å². The summed E-state index contributed by atoms with van der Waals surface area (Å²) in [7, 11) is 0. The number of hydrogen-bond donors (Lipinski definition) is 2. The number of carbonyl (C=O) groups is 1. The third-order valence-corrected chi connectivity index (χ3v) is 5.70. The molecular formula is C24H25N3O4. The van der Waals surface area contributed by atoms with Crippen molar-refractivity contribution in [1.82, 2.24) is 9.58 Å². The molecule has 1 unspecified atom stereocenters. The molecular weight excluding hydrogens is 394 g/mol. The van der Waals surface area contributed by atoms with Gasteiger partial charge < -0.3 is 15.1 Å². The normalized spacial score (nSPS) is 14.6. The summed E-state index contributed by atoms with van der Waals surface area (Å²) < 4.78 is 1.58. The highest BCUT2D eigenvalue weighted by Crippen LogP contribution is 2.32. The van der Waals surface area contributed by atoms with E-state index in [-0.39, 0.29) is 31.1 Å². The molecule has 0 radical (unpaired) electrons. The highest BCUT2D eigenvalue weighted by atomic mass is 16.3. The number of carbonyl (C=O) groups excluding carboxylic acids is 1. The Kier molecular flexibility index (Phi) is 5.77. The number of nitrogens with zero attached hydrogens (tertiary/aromatic N) is 3. The van der Waals surface area contributed by atoms with E-state index in [9.17, 15) is 19.8 Å². The van der Waals surface area contributed by atoms with Crippen molar-refractivity contribution < 1.29 is 15.0 Å². The van der Waals surface area contributed by atoms with Crippen molar-refractivity contribution in [2.45, 2.75) is 25.4 Å². The summed E-state index contributed by atoms with van der Waals surface area (Å²) in [6.07, 6.45) is 1.92. The standard InChI is InChI=1S/C24H25N3O4/c1-17(13-15-28)25-16-27(26-14-12-20(29)23(30)22(26)24(25)31)21(18-8-4-2-5-9-18)19-10-6-3-7-11-19/h2-12,14,17,21,28,30H,13,15-16H2,1H3. The summed E-state index contributed by atoms with van der Waals surface area (Å²) >= 11 is 0. The van der Waals surface area contributed by atoms with Crippen molar-refractivity contribution in [2.75, 3.05) is 18.3 Å². The quantitative estimate of drug-likeness (QED) is 0.641. The first-order valence-electron chi connectivity index (χ1n) is 10.3. The first kappa shape index (κ1) is 20.7. The molecule has 1 aliphatic heterocycles. The molecule has 7 heteroatoms. The fraction of sp³-hybridized carbons (Fsp3) is 0.250. The van der Waals surface area contributed by atoms with Gasteiger partial charge in [-0.1, -0.05) is 60.7 Å². The second-order valence-corrected chi connectivity index (χ2v) is 7.66. The monoisotopic (exact) mass is 419 g/mol. The van der Waals surface area contributed by atoms with Crippen LogP contribution in [0.15, 0.2) is 77.7 Å². The lowest BCUT2D eigenvalue weighted by atomic mass is 9.98. The van der Waals surface area contributed by atoms with Crippen LogP contribution in [0.1, 0.15) is 41.0 Å². The van der Waals surface area contributed by atoms with Crippen LogP contribution in [0.4, 0.5) is 0 Å². The molecule has 31 heavy (non-hydrogen) atoms. The van der Waals surface area contributed by atoms with Gasteiger partial charge in [-0.2, -0.15) is 0 Å². The second-order valence-electron chi connectivity index (χ2n) is 7.66. The topological polar surface area (TPSA) is 86.0 Å². The third-order valence-electron chi connectivity index (χ3n) is 5.70. The van der Waals surface area contributed by atoms with Gasteiger partial charge in [0.2, 0.25) is 5.43 Å². The van der Waals surface area contributed by atoms with E-state index in [2.05, 4.69) is 0 Å². The SMILES string of the molecule is CC(CCO)N1CN(C(c2ccccc2)c2ccccc2)n2ccc(=O)c(O)c2C1=O. The molecule has 0 bridgehead atoms. The number of benzene rings is 2. The van der Waals surface area contributed by atoms with E-state index in [1.165, 1.54) is 12.3 Å². The van der Waals surface area contributed by atoms with E-state index < -0.39 is 17.1 Å². The number of aromatic hydroxyl groups is 1. The largest absolute Gasteiger partial charge is 0.502 e. The number of aliphatic hydroxyl groups excluding tert-OH is 1. The minimum atomic E-state index is -0.604. The van der Waals surface area contributed by atoms with Crippen molar-refractivity contribution in [1.29, 1.82) is 0 Å². The number of fused-ring (bicyclic) bond motifs is 1. The van der Waals surface area contributed by atoms with Gasteiger partial charge in [0.15, 0.2) is 11.4 Å². The summed E-state index contributed by atoms with van der Waals surface area (Å²) in [5.41, 5.74) is 1.33. The highest BCUT2D eigenvalue weighted by Gasteiger charge is 2.38. The fourth-order valence-electron chi connectivity index (χ4n) is 4.05. The van der Waals surface area contributed by atoms with Gasteiger partial charge in [0.1, 0.15) is 6.67 Å². The Bertz CT molecular complexity index is 1080. The Morgan fingerprint density at radius 1 is 0.935 bits per heavy atom. The molecule has 1 aromatic heterocycles. The van der Waals surface area contributed by atoms with Crippen LogP contribution in [-0.4, -0.2) is 45.0 Å². The number of pyridine rings is 1. The van der Waals surface area contributed by atoms with Crippen LogP contribution in [-0.2, 0) is 0 Å². The van der Waals surface area contributed by atoms with Crippen molar-refractivity contribution in [3.05, 3.63) is 100.0 Å². The predicted molar refractivity (Wildman–Crippen MR) is 118 cm³/mol. The highest BCUT2D eigenvalue weighted by molar-refractivity contribution is 5.96. The zero-order chi connectivity index (χ0) is 22.0. The van der Waals surface area contributed by atoms with Crippen LogP contribution in [0.2, 0.25) is 0 Å². The predicted octanol–water partition coefficient (Wildman–Crippen LogP) is 2.47. The van der Waals surface area contributed by atoms with Gasteiger partial charge in [-0.05, 0) is 24.5 Å². The van der Waals surface area contributed by atoms with Gasteiger partial charge in [0.05, 0.1) is 6.04 Å². The first-order chi connectivity index (χ1) is 15.0. The summed E-state index contributed by atoms with van der Waals surface area (Å²) in [5.74, 6) is -1.01. The van der Waals surface area contributed by atoms with Gasteiger partial charge in [-0.25, -0.2) is 0 Å². The molecule has 0 aliphatic carbocycles. The van der Waals surface area contributed by atoms with Crippen LogP contribution >= 0.6 is 0 Å². The maximum atomic E-state index is 13.2. The number of hydrogen-bond acceptors (Lipinski definition) is 5. The van der Waals surface area contributed by atoms with Gasteiger partial charge in [-0.3, -0.25) is 19.3 Å². The summed E-state index contributed by atoms with van der Waals surface area (Å²) in [6, 6.07) is 20.5. The second kappa shape index (κ2) is 8.65. The molecule has 2 aromatic carbocycles. The Balaban J connectivity index is 1.92. The van der Waals surface area contributed by atoms with E-state index in [0.29, 0.717) is 6.42 Å². The molecule has 1 amide bonds. The average molecular weight is 419 g/mol. The smallest absolute Gasteiger partial charge is 0.278 e. The lowest BCUT2D eigenvalue weighted by Crippen LogP contribution is -2.57. The fourth-order valence-corrected chi connectivity index (χ4v) is 4.05. The van der Waals surface area contributed by atoms with E-state index >= 15 is 0 Å². The number of rotatable bonds is 6. The lowest BCUT2D eigenvalue weighted by Gasteiger charge is -2.45. The maximum absolute atomic E-state index is 13.2. The van der Waals surface area contributed by atoms with Crippen molar-refractivity contribution in [3.63, 3.8) is 0 Å². The molecule has 1 aliphatic rings. The van der Waals surface area contributed by atoms with E-state index in [4.69, 9.17) is 0 Å². The molecule has 0 saturated heterocycles.